The van der Waals surface area contributed by atoms with Crippen LogP contribution in [0.4, 0.5) is 0 Å². The van der Waals surface area contributed by atoms with Crippen LogP contribution in [-0.4, -0.2) is 29.9 Å². The van der Waals surface area contributed by atoms with Crippen LogP contribution in [0.3, 0.4) is 0 Å². The van der Waals surface area contributed by atoms with Crippen molar-refractivity contribution in [3.05, 3.63) is 12.7 Å². The monoisotopic (exact) mass is 151 g/mol. The summed E-state index contributed by atoms with van der Waals surface area (Å²) < 4.78 is 29.5. The molecule has 0 aliphatic carbocycles. The summed E-state index contributed by atoms with van der Waals surface area (Å²) in [5.41, 5.74) is 0. The largest absolute Gasteiger partial charge is 0.748 e. The van der Waals surface area contributed by atoms with E-state index in [1.165, 1.54) is 0 Å². The molecule has 1 unspecified atom stereocenters. The number of aliphatic hydroxyl groups excluding tert-OH is 1. The van der Waals surface area contributed by atoms with Crippen molar-refractivity contribution in [2.24, 2.45) is 0 Å². The van der Waals surface area contributed by atoms with E-state index >= 15 is 0 Å². The molecule has 0 aromatic carbocycles. The number of hydrogen-bond donors (Lipinski definition) is 1. The van der Waals surface area contributed by atoms with E-state index in [0.29, 0.717) is 0 Å². The first-order chi connectivity index (χ1) is 3.95. The normalized spacial score (nSPS) is 14.9. The molecule has 0 rings (SSSR count). The lowest BCUT2D eigenvalue weighted by Gasteiger charge is -2.07. The molecule has 0 saturated carbocycles. The molecule has 0 aliphatic rings. The van der Waals surface area contributed by atoms with Crippen LogP contribution in [0.5, 0.6) is 0 Å². The number of rotatable bonds is 3. The zero-order valence-electron chi connectivity index (χ0n) is 4.65. The van der Waals surface area contributed by atoms with E-state index < -0.39 is 22.0 Å². The van der Waals surface area contributed by atoms with Crippen molar-refractivity contribution in [1.29, 1.82) is 0 Å². The summed E-state index contributed by atoms with van der Waals surface area (Å²) in [6.07, 6.45) is -0.248. The van der Waals surface area contributed by atoms with Crippen LogP contribution in [0, 0.1) is 0 Å². The van der Waals surface area contributed by atoms with Gasteiger partial charge in [-0.3, -0.25) is 0 Å². The molecule has 4 nitrogen and oxygen atoms in total. The smallest absolute Gasteiger partial charge is 0.0974 e. The molecule has 0 fully saturated rings. The van der Waals surface area contributed by atoms with Crippen molar-refractivity contribution in [2.45, 2.75) is 6.10 Å². The Morgan fingerprint density at radius 1 is 1.78 bits per heavy atom. The Labute approximate surface area is 53.6 Å². The minimum atomic E-state index is -4.31. The quantitative estimate of drug-likeness (QED) is 0.418. The van der Waals surface area contributed by atoms with Crippen LogP contribution in [0.25, 0.3) is 0 Å². The zero-order valence-corrected chi connectivity index (χ0v) is 5.47. The van der Waals surface area contributed by atoms with Gasteiger partial charge in [-0.15, -0.1) is 6.58 Å². The summed E-state index contributed by atoms with van der Waals surface area (Å²) in [7, 11) is -4.31. The molecule has 0 radical (unpaired) electrons. The summed E-state index contributed by atoms with van der Waals surface area (Å²) in [6, 6.07) is 0. The Morgan fingerprint density at radius 2 is 2.22 bits per heavy atom. The van der Waals surface area contributed by atoms with Crippen LogP contribution in [-0.2, 0) is 10.1 Å². The average Bonchev–Trinajstić information content (AvgIpc) is 1.62. The zero-order chi connectivity index (χ0) is 7.49. The van der Waals surface area contributed by atoms with Crippen LogP contribution in [0.15, 0.2) is 12.7 Å². The summed E-state index contributed by atoms with van der Waals surface area (Å²) in [6.45, 7) is 3.09. The summed E-state index contributed by atoms with van der Waals surface area (Å²) in [5.74, 6) is -0.795. The second kappa shape index (κ2) is 2.95. The Balaban J connectivity index is 3.89. The lowest BCUT2D eigenvalue weighted by atomic mass is 10.4. The highest BCUT2D eigenvalue weighted by atomic mass is 32.2. The van der Waals surface area contributed by atoms with Gasteiger partial charge in [0, 0.05) is 0 Å². The first-order valence-corrected chi connectivity index (χ1v) is 3.77. The second-order valence-corrected chi connectivity index (χ2v) is 2.98. The van der Waals surface area contributed by atoms with Crippen molar-refractivity contribution in [3.8, 4) is 0 Å². The molecular formula is C4H7O4S-. The van der Waals surface area contributed by atoms with Gasteiger partial charge in [0.15, 0.2) is 0 Å². The summed E-state index contributed by atoms with van der Waals surface area (Å²) in [5, 5.41) is 8.50. The molecule has 0 heterocycles. The van der Waals surface area contributed by atoms with Gasteiger partial charge in [0.25, 0.3) is 0 Å². The number of hydrogen-bond acceptors (Lipinski definition) is 4. The lowest BCUT2D eigenvalue weighted by Crippen LogP contribution is -2.17. The molecule has 0 aliphatic heterocycles. The van der Waals surface area contributed by atoms with E-state index in [1.54, 1.807) is 0 Å². The molecule has 5 heteroatoms. The Kier molecular flexibility index (Phi) is 2.83. The van der Waals surface area contributed by atoms with Gasteiger partial charge in [0.2, 0.25) is 0 Å². The Hall–Kier alpha value is -0.390. The van der Waals surface area contributed by atoms with Crippen molar-refractivity contribution in [1.82, 2.24) is 0 Å². The fraction of sp³-hybridized carbons (Fsp3) is 0.500. The van der Waals surface area contributed by atoms with Crippen molar-refractivity contribution < 1.29 is 18.1 Å². The molecular weight excluding hydrogens is 144 g/mol. The molecule has 0 aromatic rings. The minimum absolute atomic E-state index is 0.795. The second-order valence-electron chi connectivity index (χ2n) is 1.53. The predicted octanol–water partition coefficient (Wildman–Crippen LogP) is -0.921. The fourth-order valence-electron chi connectivity index (χ4n) is 0.277. The topological polar surface area (TPSA) is 77.4 Å². The van der Waals surface area contributed by atoms with E-state index in [9.17, 15) is 13.0 Å². The molecule has 54 valence electrons. The van der Waals surface area contributed by atoms with Gasteiger partial charge >= 0.3 is 0 Å². The van der Waals surface area contributed by atoms with Gasteiger partial charge in [-0.25, -0.2) is 8.42 Å². The van der Waals surface area contributed by atoms with E-state index in [-0.39, 0.29) is 0 Å². The molecule has 0 amide bonds. The average molecular weight is 151 g/mol. The third kappa shape index (κ3) is 5.48. The highest BCUT2D eigenvalue weighted by Crippen LogP contribution is 1.89. The van der Waals surface area contributed by atoms with Gasteiger partial charge in [-0.2, -0.15) is 0 Å². The minimum Gasteiger partial charge on any atom is -0.748 e. The first-order valence-electron chi connectivity index (χ1n) is 2.20. The predicted molar refractivity (Wildman–Crippen MR) is 30.8 cm³/mol. The SMILES string of the molecule is C=CC(O)CS(=O)(=O)[O-]. The van der Waals surface area contributed by atoms with Crippen LogP contribution >= 0.6 is 0 Å². The van der Waals surface area contributed by atoms with Gasteiger partial charge in [0.1, 0.15) is 0 Å². The van der Waals surface area contributed by atoms with Crippen LogP contribution in [0.1, 0.15) is 0 Å². The highest BCUT2D eigenvalue weighted by Gasteiger charge is 2.01. The summed E-state index contributed by atoms with van der Waals surface area (Å²) >= 11 is 0. The highest BCUT2D eigenvalue weighted by molar-refractivity contribution is 7.85. The lowest BCUT2D eigenvalue weighted by molar-refractivity contribution is 0.243. The molecule has 0 spiro atoms. The van der Waals surface area contributed by atoms with Gasteiger partial charge in [0.05, 0.1) is 22.0 Å². The van der Waals surface area contributed by atoms with E-state index in [0.717, 1.165) is 6.08 Å². The maximum Gasteiger partial charge on any atom is 0.0974 e. The maximum absolute atomic E-state index is 9.84. The summed E-state index contributed by atoms with van der Waals surface area (Å²) in [4.78, 5) is 0. The standard InChI is InChI=1S/C4H8O4S/c1-2-4(5)3-9(6,7)8/h2,4-5H,1,3H2,(H,6,7,8)/p-1. The molecule has 9 heavy (non-hydrogen) atoms. The third-order valence-corrected chi connectivity index (χ3v) is 1.40. The molecule has 1 atom stereocenters. The molecule has 0 bridgehead atoms. The van der Waals surface area contributed by atoms with Crippen molar-refractivity contribution >= 4 is 10.1 Å². The van der Waals surface area contributed by atoms with Crippen LogP contribution in [0.2, 0.25) is 0 Å². The van der Waals surface area contributed by atoms with Crippen molar-refractivity contribution in [2.75, 3.05) is 5.75 Å². The van der Waals surface area contributed by atoms with Crippen LogP contribution < -0.4 is 0 Å². The van der Waals surface area contributed by atoms with Gasteiger partial charge < -0.3 is 9.66 Å². The van der Waals surface area contributed by atoms with E-state index in [1.807, 2.05) is 0 Å². The van der Waals surface area contributed by atoms with Gasteiger partial charge in [-0.1, -0.05) is 6.08 Å². The molecule has 0 aromatic heterocycles. The Bertz CT molecular complexity index is 181. The third-order valence-electron chi connectivity index (χ3n) is 0.647. The van der Waals surface area contributed by atoms with Gasteiger partial charge in [-0.05, 0) is 0 Å². The van der Waals surface area contributed by atoms with E-state index in [2.05, 4.69) is 6.58 Å². The fourth-order valence-corrected chi connectivity index (χ4v) is 0.832. The van der Waals surface area contributed by atoms with Crippen molar-refractivity contribution in [3.63, 3.8) is 0 Å². The van der Waals surface area contributed by atoms with E-state index in [4.69, 9.17) is 5.11 Å². The first kappa shape index (κ1) is 8.61. The maximum atomic E-state index is 9.84. The molecule has 1 N–H and O–H groups in total. The number of aliphatic hydroxyl groups is 1. The Morgan fingerprint density at radius 3 is 2.33 bits per heavy atom. The molecule has 0 saturated heterocycles.